The molecule has 2 aromatic heterocycles. The van der Waals surface area contributed by atoms with Gasteiger partial charge in [-0.1, -0.05) is 32.9 Å². The summed E-state index contributed by atoms with van der Waals surface area (Å²) in [5.74, 6) is 2.41. The minimum absolute atomic E-state index is 0.606. The van der Waals surface area contributed by atoms with Crippen molar-refractivity contribution in [2.24, 2.45) is 5.92 Å². The van der Waals surface area contributed by atoms with Gasteiger partial charge in [-0.2, -0.15) is 4.98 Å². The van der Waals surface area contributed by atoms with Gasteiger partial charge in [0.2, 0.25) is 5.58 Å². The first kappa shape index (κ1) is 13.1. The highest BCUT2D eigenvalue weighted by atomic mass is 16.3. The minimum Gasteiger partial charge on any atom is -0.446 e. The van der Waals surface area contributed by atoms with E-state index >= 15 is 0 Å². The molecule has 0 bridgehead atoms. The molecule has 0 fully saturated rings. The van der Waals surface area contributed by atoms with E-state index in [9.17, 15) is 0 Å². The van der Waals surface area contributed by atoms with Gasteiger partial charge in [-0.05, 0) is 12.1 Å². The van der Waals surface area contributed by atoms with E-state index in [1.807, 2.05) is 18.2 Å². The summed E-state index contributed by atoms with van der Waals surface area (Å²) in [4.78, 5) is 9.27. The standard InChI is InChI=1S/C16H19N3O/c1-4-13-18-14-11-7-5-6-8-12(11)20-15(14)16(19-13)17-9-10(2)3/h5-8,10H,4,9H2,1-3H3,(H,17,18,19)/p+1. The predicted molar refractivity (Wildman–Crippen MR) is 80.0 cm³/mol. The lowest BCUT2D eigenvalue weighted by atomic mass is 10.2. The van der Waals surface area contributed by atoms with Gasteiger partial charge in [0.1, 0.15) is 16.9 Å². The second-order valence-corrected chi connectivity index (χ2v) is 5.49. The van der Waals surface area contributed by atoms with Crippen LogP contribution >= 0.6 is 0 Å². The van der Waals surface area contributed by atoms with Crippen molar-refractivity contribution in [1.29, 1.82) is 0 Å². The zero-order valence-corrected chi connectivity index (χ0v) is 12.2. The summed E-state index contributed by atoms with van der Waals surface area (Å²) in [7, 11) is 0. The number of rotatable bonds is 4. The van der Waals surface area contributed by atoms with Gasteiger partial charge in [0, 0.05) is 17.7 Å². The SMILES string of the molecule is CCc1nc([NH2+]CC(C)C)c2oc3ccccc3c2n1. The molecule has 3 rings (SSSR count). The number of aromatic nitrogens is 2. The van der Waals surface area contributed by atoms with Crippen LogP contribution in [0, 0.1) is 5.92 Å². The summed E-state index contributed by atoms with van der Waals surface area (Å²) in [6, 6.07) is 8.04. The Labute approximate surface area is 118 Å². The normalized spacial score (nSPS) is 11.8. The molecule has 0 unspecified atom stereocenters. The molecule has 0 spiro atoms. The Kier molecular flexibility index (Phi) is 3.40. The third-order valence-corrected chi connectivity index (χ3v) is 3.39. The Morgan fingerprint density at radius 1 is 1.20 bits per heavy atom. The number of para-hydroxylation sites is 1. The average Bonchev–Trinajstić information content (AvgIpc) is 2.83. The van der Waals surface area contributed by atoms with Crippen LogP contribution in [-0.2, 0) is 6.42 Å². The highest BCUT2D eigenvalue weighted by Gasteiger charge is 2.17. The molecule has 0 aliphatic heterocycles. The summed E-state index contributed by atoms with van der Waals surface area (Å²) >= 11 is 0. The Bertz CT molecular complexity index is 746. The lowest BCUT2D eigenvalue weighted by Gasteiger charge is -2.04. The van der Waals surface area contributed by atoms with Crippen molar-refractivity contribution in [3.05, 3.63) is 30.1 Å². The van der Waals surface area contributed by atoms with Gasteiger partial charge in [-0.25, -0.2) is 4.98 Å². The number of fused-ring (bicyclic) bond motifs is 3. The molecule has 0 saturated heterocycles. The molecule has 0 aliphatic carbocycles. The number of hydrogen-bond donors (Lipinski definition) is 1. The van der Waals surface area contributed by atoms with Crippen LogP contribution in [0.5, 0.6) is 0 Å². The molecule has 0 atom stereocenters. The third kappa shape index (κ3) is 2.27. The van der Waals surface area contributed by atoms with Gasteiger partial charge >= 0.3 is 0 Å². The first-order valence-electron chi connectivity index (χ1n) is 7.20. The first-order chi connectivity index (χ1) is 9.69. The number of furan rings is 1. The van der Waals surface area contributed by atoms with Crippen molar-refractivity contribution in [3.8, 4) is 0 Å². The number of aryl methyl sites for hydroxylation is 1. The van der Waals surface area contributed by atoms with Crippen molar-refractivity contribution in [2.45, 2.75) is 27.2 Å². The monoisotopic (exact) mass is 270 g/mol. The summed E-state index contributed by atoms with van der Waals surface area (Å²) in [5, 5.41) is 3.23. The molecule has 4 heteroatoms. The second-order valence-electron chi connectivity index (χ2n) is 5.49. The Morgan fingerprint density at radius 2 is 2.00 bits per heavy atom. The molecule has 0 radical (unpaired) electrons. The van der Waals surface area contributed by atoms with Crippen molar-refractivity contribution in [2.75, 3.05) is 6.54 Å². The molecule has 3 aromatic rings. The van der Waals surface area contributed by atoms with E-state index in [1.165, 1.54) is 0 Å². The van der Waals surface area contributed by atoms with E-state index in [4.69, 9.17) is 4.42 Å². The highest BCUT2D eigenvalue weighted by molar-refractivity contribution is 6.04. The molecule has 0 saturated carbocycles. The lowest BCUT2D eigenvalue weighted by Crippen LogP contribution is -2.79. The van der Waals surface area contributed by atoms with Crippen LogP contribution in [0.25, 0.3) is 22.1 Å². The van der Waals surface area contributed by atoms with E-state index in [2.05, 4.69) is 42.1 Å². The second kappa shape index (κ2) is 5.21. The summed E-state index contributed by atoms with van der Waals surface area (Å²) in [5.41, 5.74) is 2.62. The number of benzene rings is 1. The first-order valence-corrected chi connectivity index (χ1v) is 7.20. The van der Waals surface area contributed by atoms with Crippen molar-refractivity contribution >= 4 is 27.9 Å². The van der Waals surface area contributed by atoms with Gasteiger partial charge in [0.25, 0.3) is 5.82 Å². The molecular formula is C16H20N3O+. The fourth-order valence-corrected chi connectivity index (χ4v) is 2.30. The molecule has 1 aromatic carbocycles. The lowest BCUT2D eigenvalue weighted by molar-refractivity contribution is -0.579. The van der Waals surface area contributed by atoms with Crippen LogP contribution in [0.1, 0.15) is 26.6 Å². The highest BCUT2D eigenvalue weighted by Crippen LogP contribution is 2.29. The van der Waals surface area contributed by atoms with Crippen LogP contribution in [0.3, 0.4) is 0 Å². The largest absolute Gasteiger partial charge is 0.446 e. The quantitative estimate of drug-likeness (QED) is 0.793. The maximum absolute atomic E-state index is 5.96. The maximum Gasteiger partial charge on any atom is 0.272 e. The van der Waals surface area contributed by atoms with Crippen molar-refractivity contribution in [3.63, 3.8) is 0 Å². The van der Waals surface area contributed by atoms with Crippen LogP contribution in [-0.4, -0.2) is 16.5 Å². The summed E-state index contributed by atoms with van der Waals surface area (Å²) in [6.45, 7) is 7.48. The predicted octanol–water partition coefficient (Wildman–Crippen LogP) is 2.79. The van der Waals surface area contributed by atoms with Gasteiger partial charge in [0.15, 0.2) is 0 Å². The Balaban J connectivity index is 2.21. The molecule has 0 aliphatic rings. The fourth-order valence-electron chi connectivity index (χ4n) is 2.30. The van der Waals surface area contributed by atoms with Gasteiger partial charge in [0.05, 0.1) is 6.54 Å². The molecule has 2 heterocycles. The van der Waals surface area contributed by atoms with E-state index < -0.39 is 0 Å². The Morgan fingerprint density at radius 3 is 2.75 bits per heavy atom. The molecule has 0 amide bonds. The number of quaternary nitrogens is 1. The van der Waals surface area contributed by atoms with E-state index in [0.717, 1.165) is 46.7 Å². The van der Waals surface area contributed by atoms with E-state index in [-0.39, 0.29) is 0 Å². The summed E-state index contributed by atoms with van der Waals surface area (Å²) in [6.07, 6.45) is 0.831. The smallest absolute Gasteiger partial charge is 0.272 e. The van der Waals surface area contributed by atoms with Gasteiger partial charge in [-0.3, -0.25) is 5.32 Å². The zero-order valence-electron chi connectivity index (χ0n) is 12.2. The molecule has 2 N–H and O–H groups in total. The molecule has 4 nitrogen and oxygen atoms in total. The minimum atomic E-state index is 0.606. The average molecular weight is 270 g/mol. The van der Waals surface area contributed by atoms with Crippen LogP contribution in [0.4, 0.5) is 5.82 Å². The van der Waals surface area contributed by atoms with Crippen LogP contribution in [0.2, 0.25) is 0 Å². The number of nitrogens with zero attached hydrogens (tertiary/aromatic N) is 2. The van der Waals surface area contributed by atoms with Gasteiger partial charge < -0.3 is 4.42 Å². The van der Waals surface area contributed by atoms with Crippen LogP contribution in [0.15, 0.2) is 28.7 Å². The fraction of sp³-hybridized carbons (Fsp3) is 0.375. The molecule has 20 heavy (non-hydrogen) atoms. The molecular weight excluding hydrogens is 250 g/mol. The number of hydrogen-bond acceptors (Lipinski definition) is 3. The Hall–Kier alpha value is -1.94. The topological polar surface area (TPSA) is 55.5 Å². The van der Waals surface area contributed by atoms with E-state index in [0.29, 0.717) is 5.92 Å². The zero-order chi connectivity index (χ0) is 14.1. The third-order valence-electron chi connectivity index (χ3n) is 3.39. The summed E-state index contributed by atoms with van der Waals surface area (Å²) < 4.78 is 5.96. The van der Waals surface area contributed by atoms with Gasteiger partial charge in [-0.15, -0.1) is 0 Å². The number of nitrogens with two attached hydrogens (primary N) is 1. The van der Waals surface area contributed by atoms with Crippen molar-refractivity contribution in [1.82, 2.24) is 9.97 Å². The van der Waals surface area contributed by atoms with E-state index in [1.54, 1.807) is 0 Å². The van der Waals surface area contributed by atoms with Crippen LogP contribution < -0.4 is 5.32 Å². The molecule has 104 valence electrons. The van der Waals surface area contributed by atoms with Crippen molar-refractivity contribution < 1.29 is 9.73 Å². The maximum atomic E-state index is 5.96.